The fraction of sp³-hybridized carbons (Fsp3) is 0.167. The number of hydrogen-bond acceptors (Lipinski definition) is 2. The molecular formula is C18H20N2. The molecule has 0 bridgehead atoms. The van der Waals surface area contributed by atoms with Gasteiger partial charge in [-0.2, -0.15) is 5.10 Å². The maximum Gasteiger partial charge on any atom is 0.0564 e. The van der Waals surface area contributed by atoms with E-state index in [0.29, 0.717) is 0 Å². The Balaban J connectivity index is 1.99. The molecule has 0 radical (unpaired) electrons. The summed E-state index contributed by atoms with van der Waals surface area (Å²) in [6.45, 7) is 6.25. The summed E-state index contributed by atoms with van der Waals surface area (Å²) in [6.07, 6.45) is 3.94. The first kappa shape index (κ1) is 14.1. The molecule has 0 aliphatic heterocycles. The maximum absolute atomic E-state index is 4.27. The van der Waals surface area contributed by atoms with Crippen LogP contribution in [-0.4, -0.2) is 6.21 Å². The second-order valence-electron chi connectivity index (χ2n) is 4.97. The van der Waals surface area contributed by atoms with Gasteiger partial charge in [-0.3, -0.25) is 5.43 Å². The molecular weight excluding hydrogens is 244 g/mol. The molecule has 2 aromatic rings. The van der Waals surface area contributed by atoms with E-state index in [1.165, 1.54) is 16.7 Å². The van der Waals surface area contributed by atoms with E-state index >= 15 is 0 Å². The Bertz CT molecular complexity index is 625. The highest BCUT2D eigenvalue weighted by Crippen LogP contribution is 2.14. The molecule has 0 saturated heterocycles. The highest BCUT2D eigenvalue weighted by molar-refractivity contribution is 5.85. The first-order valence-electron chi connectivity index (χ1n) is 6.75. The maximum atomic E-state index is 4.27. The Morgan fingerprint density at radius 3 is 2.45 bits per heavy atom. The van der Waals surface area contributed by atoms with Gasteiger partial charge in [-0.25, -0.2) is 0 Å². The molecule has 2 nitrogen and oxygen atoms in total. The third-order valence-corrected chi connectivity index (χ3v) is 3.16. The third-order valence-electron chi connectivity index (χ3n) is 3.16. The molecule has 0 spiro atoms. The second kappa shape index (κ2) is 6.71. The molecule has 0 aliphatic carbocycles. The van der Waals surface area contributed by atoms with E-state index in [9.17, 15) is 0 Å². The Hall–Kier alpha value is -2.35. The molecule has 0 heterocycles. The lowest BCUT2D eigenvalue weighted by atomic mass is 10.1. The van der Waals surface area contributed by atoms with E-state index < -0.39 is 0 Å². The smallest absolute Gasteiger partial charge is 0.0564 e. The summed E-state index contributed by atoms with van der Waals surface area (Å²) in [5.41, 5.74) is 8.91. The van der Waals surface area contributed by atoms with Gasteiger partial charge in [0, 0.05) is 0 Å². The van der Waals surface area contributed by atoms with Gasteiger partial charge in [0.25, 0.3) is 0 Å². The summed E-state index contributed by atoms with van der Waals surface area (Å²) in [5.74, 6) is 0. The number of anilines is 1. The van der Waals surface area contributed by atoms with Gasteiger partial charge in [-0.1, -0.05) is 42.5 Å². The van der Waals surface area contributed by atoms with Crippen molar-refractivity contribution in [2.45, 2.75) is 20.8 Å². The minimum Gasteiger partial charge on any atom is -0.279 e. The predicted octanol–water partition coefficient (Wildman–Crippen LogP) is 4.80. The van der Waals surface area contributed by atoms with Gasteiger partial charge in [-0.05, 0) is 55.2 Å². The molecule has 0 unspecified atom stereocenters. The lowest BCUT2D eigenvalue weighted by molar-refractivity contribution is 1.29. The first-order chi connectivity index (χ1) is 9.65. The van der Waals surface area contributed by atoms with E-state index in [2.05, 4.69) is 54.7 Å². The van der Waals surface area contributed by atoms with Crippen LogP contribution in [0.5, 0.6) is 0 Å². The average molecular weight is 264 g/mol. The fourth-order valence-corrected chi connectivity index (χ4v) is 1.87. The van der Waals surface area contributed by atoms with Crippen molar-refractivity contribution in [3.8, 4) is 0 Å². The van der Waals surface area contributed by atoms with Crippen molar-refractivity contribution in [2.75, 3.05) is 5.43 Å². The van der Waals surface area contributed by atoms with Crippen molar-refractivity contribution in [3.63, 3.8) is 0 Å². The molecule has 20 heavy (non-hydrogen) atoms. The normalized spacial score (nSPS) is 11.8. The van der Waals surface area contributed by atoms with Crippen LogP contribution in [0.2, 0.25) is 0 Å². The molecule has 2 rings (SSSR count). The SMILES string of the molecule is C/C(C=NNc1ccc(C)c(C)c1)=C\c1ccccc1. The van der Waals surface area contributed by atoms with Crippen molar-refractivity contribution in [3.05, 3.63) is 70.8 Å². The van der Waals surface area contributed by atoms with E-state index in [0.717, 1.165) is 11.3 Å². The molecule has 2 heteroatoms. The molecule has 0 fully saturated rings. The number of hydrogen-bond donors (Lipinski definition) is 1. The van der Waals surface area contributed by atoms with Gasteiger partial charge < -0.3 is 0 Å². The average Bonchev–Trinajstić information content (AvgIpc) is 2.44. The quantitative estimate of drug-likeness (QED) is 0.622. The highest BCUT2D eigenvalue weighted by Gasteiger charge is 1.94. The van der Waals surface area contributed by atoms with Crippen LogP contribution in [0.25, 0.3) is 6.08 Å². The van der Waals surface area contributed by atoms with Crippen molar-refractivity contribution in [1.29, 1.82) is 0 Å². The van der Waals surface area contributed by atoms with Gasteiger partial charge in [0.2, 0.25) is 0 Å². The van der Waals surface area contributed by atoms with Gasteiger partial charge in [-0.15, -0.1) is 0 Å². The van der Waals surface area contributed by atoms with E-state index in [1.807, 2.05) is 37.4 Å². The number of nitrogens with zero attached hydrogens (tertiary/aromatic N) is 1. The Kier molecular flexibility index (Phi) is 4.72. The highest BCUT2D eigenvalue weighted by atomic mass is 15.3. The number of aryl methyl sites for hydroxylation is 2. The van der Waals surface area contributed by atoms with Crippen LogP contribution < -0.4 is 5.43 Å². The second-order valence-corrected chi connectivity index (χ2v) is 4.97. The van der Waals surface area contributed by atoms with Gasteiger partial charge in [0.05, 0.1) is 11.9 Å². The van der Waals surface area contributed by atoms with E-state index in [1.54, 1.807) is 0 Å². The van der Waals surface area contributed by atoms with Crippen LogP contribution in [0.15, 0.2) is 59.2 Å². The van der Waals surface area contributed by atoms with Crippen molar-refractivity contribution >= 4 is 18.0 Å². The number of allylic oxidation sites excluding steroid dienone is 1. The first-order valence-corrected chi connectivity index (χ1v) is 6.75. The zero-order valence-electron chi connectivity index (χ0n) is 12.2. The minimum atomic E-state index is 1.01. The number of rotatable bonds is 4. The van der Waals surface area contributed by atoms with E-state index in [4.69, 9.17) is 0 Å². The molecule has 1 N–H and O–H groups in total. The largest absolute Gasteiger partial charge is 0.279 e. The summed E-state index contributed by atoms with van der Waals surface area (Å²) in [4.78, 5) is 0. The van der Waals surface area contributed by atoms with Crippen LogP contribution in [0.1, 0.15) is 23.6 Å². The number of hydrazone groups is 1. The Labute approximate surface area is 120 Å². The zero-order chi connectivity index (χ0) is 14.4. The van der Waals surface area contributed by atoms with Gasteiger partial charge in [0.1, 0.15) is 0 Å². The van der Waals surface area contributed by atoms with Gasteiger partial charge >= 0.3 is 0 Å². The number of benzene rings is 2. The van der Waals surface area contributed by atoms with Crippen LogP contribution in [0.3, 0.4) is 0 Å². The number of nitrogens with one attached hydrogen (secondary N) is 1. The lowest BCUT2D eigenvalue weighted by Crippen LogP contribution is -1.91. The predicted molar refractivity (Wildman–Crippen MR) is 88.1 cm³/mol. The van der Waals surface area contributed by atoms with Crippen LogP contribution in [-0.2, 0) is 0 Å². The Morgan fingerprint density at radius 1 is 1.00 bits per heavy atom. The minimum absolute atomic E-state index is 1.01. The monoisotopic (exact) mass is 264 g/mol. The van der Waals surface area contributed by atoms with Crippen molar-refractivity contribution in [2.24, 2.45) is 5.10 Å². The summed E-state index contributed by atoms with van der Waals surface area (Å²) in [6, 6.07) is 16.5. The molecule has 0 amide bonds. The topological polar surface area (TPSA) is 24.4 Å². The Morgan fingerprint density at radius 2 is 1.75 bits per heavy atom. The van der Waals surface area contributed by atoms with Crippen molar-refractivity contribution < 1.29 is 0 Å². The molecule has 0 aliphatic rings. The van der Waals surface area contributed by atoms with Crippen molar-refractivity contribution in [1.82, 2.24) is 0 Å². The molecule has 0 atom stereocenters. The fourth-order valence-electron chi connectivity index (χ4n) is 1.87. The summed E-state index contributed by atoms with van der Waals surface area (Å²) in [5, 5.41) is 4.27. The van der Waals surface area contributed by atoms with Crippen LogP contribution in [0, 0.1) is 13.8 Å². The zero-order valence-corrected chi connectivity index (χ0v) is 12.2. The summed E-state index contributed by atoms with van der Waals surface area (Å²) in [7, 11) is 0. The summed E-state index contributed by atoms with van der Waals surface area (Å²) < 4.78 is 0. The summed E-state index contributed by atoms with van der Waals surface area (Å²) >= 11 is 0. The van der Waals surface area contributed by atoms with Crippen LogP contribution in [0.4, 0.5) is 5.69 Å². The molecule has 102 valence electrons. The lowest BCUT2D eigenvalue weighted by Gasteiger charge is -2.04. The molecule has 0 saturated carbocycles. The standard InChI is InChI=1S/C18H20N2/c1-14(11-17-7-5-4-6-8-17)13-19-20-18-10-9-15(2)16(3)12-18/h4-13,20H,1-3H3/b14-11+,19-13?. The molecule has 0 aromatic heterocycles. The van der Waals surface area contributed by atoms with E-state index in [-0.39, 0.29) is 0 Å². The molecule has 2 aromatic carbocycles. The van der Waals surface area contributed by atoms with Crippen LogP contribution >= 0.6 is 0 Å². The third kappa shape index (κ3) is 4.09. The van der Waals surface area contributed by atoms with Gasteiger partial charge in [0.15, 0.2) is 0 Å².